The van der Waals surface area contributed by atoms with Crippen molar-refractivity contribution in [3.8, 4) is 0 Å². The molecule has 1 fully saturated rings. The van der Waals surface area contributed by atoms with E-state index in [0.717, 1.165) is 29.5 Å². The molecule has 1 heterocycles. The van der Waals surface area contributed by atoms with E-state index in [1.54, 1.807) is 7.11 Å². The molecule has 1 aliphatic heterocycles. The van der Waals surface area contributed by atoms with Gasteiger partial charge in [0.05, 0.1) is 6.42 Å². The molecule has 3 rings (SSSR count). The molecule has 0 amide bonds. The van der Waals surface area contributed by atoms with Crippen molar-refractivity contribution in [1.82, 2.24) is 0 Å². The zero-order chi connectivity index (χ0) is 19.8. The molecule has 27 heavy (non-hydrogen) atoms. The van der Waals surface area contributed by atoms with Crippen LogP contribution in [0.2, 0.25) is 0 Å². The van der Waals surface area contributed by atoms with Crippen molar-refractivity contribution in [1.29, 1.82) is 0 Å². The lowest BCUT2D eigenvalue weighted by molar-refractivity contribution is -0.153. The SMILES string of the molecule is COC(C)(I)CC(=O)OC1=C(c2ccc(C)cc2C)C(=O)OC12CCCC2. The van der Waals surface area contributed by atoms with Gasteiger partial charge in [-0.15, -0.1) is 0 Å². The first-order valence-corrected chi connectivity index (χ1v) is 10.3. The van der Waals surface area contributed by atoms with Crippen LogP contribution in [0.15, 0.2) is 24.0 Å². The summed E-state index contributed by atoms with van der Waals surface area (Å²) in [6, 6.07) is 5.87. The summed E-state index contributed by atoms with van der Waals surface area (Å²) in [5, 5.41) is 0. The van der Waals surface area contributed by atoms with E-state index in [1.807, 2.05) is 39.0 Å². The van der Waals surface area contributed by atoms with Crippen LogP contribution in [0.3, 0.4) is 0 Å². The maximum Gasteiger partial charge on any atom is 0.343 e. The monoisotopic (exact) mass is 484 g/mol. The van der Waals surface area contributed by atoms with Crippen LogP contribution in [0.1, 0.15) is 55.7 Å². The number of esters is 2. The van der Waals surface area contributed by atoms with Crippen LogP contribution >= 0.6 is 22.6 Å². The second kappa shape index (κ2) is 7.54. The van der Waals surface area contributed by atoms with E-state index in [2.05, 4.69) is 22.6 Å². The standard InChI is InChI=1S/C21H25IO5/c1-13-7-8-15(14(2)11-13)17-18(26-16(23)12-20(3,22)25-4)21(27-19(17)24)9-5-6-10-21/h7-8,11H,5-6,9-10,12H2,1-4H3. The lowest BCUT2D eigenvalue weighted by Crippen LogP contribution is -2.32. The summed E-state index contributed by atoms with van der Waals surface area (Å²) < 4.78 is 16.3. The van der Waals surface area contributed by atoms with Crippen molar-refractivity contribution in [3.05, 3.63) is 40.6 Å². The zero-order valence-corrected chi connectivity index (χ0v) is 18.3. The van der Waals surface area contributed by atoms with Crippen LogP contribution in [0.5, 0.6) is 0 Å². The quantitative estimate of drug-likeness (QED) is 0.347. The summed E-state index contributed by atoms with van der Waals surface area (Å²) in [4.78, 5) is 25.4. The minimum atomic E-state index is -0.811. The first-order chi connectivity index (χ1) is 12.7. The molecule has 2 aliphatic rings. The first-order valence-electron chi connectivity index (χ1n) is 9.18. The number of alkyl halides is 1. The molecule has 1 spiro atoms. The molecular formula is C21H25IO5. The third kappa shape index (κ3) is 4.06. The average molecular weight is 484 g/mol. The third-order valence-corrected chi connectivity index (χ3v) is 6.12. The van der Waals surface area contributed by atoms with Gasteiger partial charge < -0.3 is 14.2 Å². The lowest BCUT2D eigenvalue weighted by Gasteiger charge is -2.26. The van der Waals surface area contributed by atoms with E-state index >= 15 is 0 Å². The van der Waals surface area contributed by atoms with Crippen molar-refractivity contribution in [2.24, 2.45) is 0 Å². The van der Waals surface area contributed by atoms with Crippen LogP contribution in [0.25, 0.3) is 5.57 Å². The molecule has 1 aromatic carbocycles. The topological polar surface area (TPSA) is 61.8 Å². The maximum absolute atomic E-state index is 12.8. The molecule has 5 nitrogen and oxygen atoms in total. The number of rotatable bonds is 5. The molecular weight excluding hydrogens is 459 g/mol. The van der Waals surface area contributed by atoms with Gasteiger partial charge in [-0.2, -0.15) is 0 Å². The van der Waals surface area contributed by atoms with Crippen LogP contribution in [-0.4, -0.2) is 28.3 Å². The van der Waals surface area contributed by atoms with Crippen molar-refractivity contribution in [3.63, 3.8) is 0 Å². The molecule has 1 unspecified atom stereocenters. The molecule has 1 saturated carbocycles. The number of benzene rings is 1. The number of carbonyl (C=O) groups is 2. The van der Waals surface area contributed by atoms with Crippen LogP contribution < -0.4 is 0 Å². The Labute approximate surface area is 173 Å². The van der Waals surface area contributed by atoms with Gasteiger partial charge >= 0.3 is 11.9 Å². The molecule has 0 saturated heterocycles. The fourth-order valence-corrected chi connectivity index (χ4v) is 4.13. The number of ether oxygens (including phenoxy) is 3. The molecule has 1 aromatic rings. The Bertz CT molecular complexity index is 803. The Kier molecular flexibility index (Phi) is 5.68. The summed E-state index contributed by atoms with van der Waals surface area (Å²) in [7, 11) is 1.56. The summed E-state index contributed by atoms with van der Waals surface area (Å²) in [5.74, 6) is -0.448. The van der Waals surface area contributed by atoms with Crippen LogP contribution in [0.4, 0.5) is 0 Å². The van der Waals surface area contributed by atoms with Gasteiger partial charge in [-0.05, 0) is 80.2 Å². The van der Waals surface area contributed by atoms with Crippen molar-refractivity contribution >= 4 is 40.1 Å². The highest BCUT2D eigenvalue weighted by molar-refractivity contribution is 14.1. The molecule has 6 heteroatoms. The Morgan fingerprint density at radius 3 is 2.56 bits per heavy atom. The van der Waals surface area contributed by atoms with Gasteiger partial charge in [0.15, 0.2) is 11.4 Å². The molecule has 0 radical (unpaired) electrons. The van der Waals surface area contributed by atoms with E-state index in [-0.39, 0.29) is 6.42 Å². The van der Waals surface area contributed by atoms with Gasteiger partial charge in [0.25, 0.3) is 0 Å². The third-order valence-electron chi connectivity index (χ3n) is 5.30. The Morgan fingerprint density at radius 2 is 1.96 bits per heavy atom. The van der Waals surface area contributed by atoms with E-state index in [9.17, 15) is 9.59 Å². The highest BCUT2D eigenvalue weighted by Crippen LogP contribution is 2.49. The molecule has 0 bridgehead atoms. The average Bonchev–Trinajstić information content (AvgIpc) is 3.14. The summed E-state index contributed by atoms with van der Waals surface area (Å²) in [5.41, 5.74) is 2.41. The highest BCUT2D eigenvalue weighted by Gasteiger charge is 2.52. The predicted molar refractivity (Wildman–Crippen MR) is 110 cm³/mol. The predicted octanol–water partition coefficient (Wildman–Crippen LogP) is 4.62. The molecule has 0 N–H and O–H groups in total. The largest absolute Gasteiger partial charge is 0.447 e. The second-order valence-electron chi connectivity index (χ2n) is 7.57. The number of carbonyl (C=O) groups excluding carboxylic acids is 2. The molecule has 0 aromatic heterocycles. The Balaban J connectivity index is 2.04. The van der Waals surface area contributed by atoms with Gasteiger partial charge in [0, 0.05) is 7.11 Å². The van der Waals surface area contributed by atoms with Crippen LogP contribution in [-0.2, 0) is 23.8 Å². The fraction of sp³-hybridized carbons (Fsp3) is 0.524. The minimum absolute atomic E-state index is 0.0813. The minimum Gasteiger partial charge on any atom is -0.447 e. The number of hydrogen-bond donors (Lipinski definition) is 0. The molecule has 1 aliphatic carbocycles. The Morgan fingerprint density at radius 1 is 1.30 bits per heavy atom. The smallest absolute Gasteiger partial charge is 0.343 e. The number of aryl methyl sites for hydroxylation is 2. The van der Waals surface area contributed by atoms with E-state index in [1.165, 1.54) is 0 Å². The second-order valence-corrected chi connectivity index (χ2v) is 9.85. The maximum atomic E-state index is 12.8. The summed E-state index contributed by atoms with van der Waals surface area (Å²) >= 11 is 2.07. The van der Waals surface area contributed by atoms with E-state index < -0.39 is 21.1 Å². The van der Waals surface area contributed by atoms with Crippen molar-refractivity contribution in [2.45, 2.75) is 62.1 Å². The zero-order valence-electron chi connectivity index (χ0n) is 16.2. The molecule has 1 atom stereocenters. The fourth-order valence-electron chi connectivity index (χ4n) is 3.82. The van der Waals surface area contributed by atoms with Crippen molar-refractivity contribution in [2.75, 3.05) is 7.11 Å². The van der Waals surface area contributed by atoms with Crippen molar-refractivity contribution < 1.29 is 23.8 Å². The van der Waals surface area contributed by atoms with E-state index in [0.29, 0.717) is 24.2 Å². The number of methoxy groups -OCH3 is 1. The Hall–Kier alpha value is -1.41. The van der Waals surface area contributed by atoms with Gasteiger partial charge in [-0.3, -0.25) is 4.79 Å². The van der Waals surface area contributed by atoms with Gasteiger partial charge in [-0.25, -0.2) is 4.79 Å². The normalized spacial score (nSPS) is 20.7. The number of hydrogen-bond acceptors (Lipinski definition) is 5. The summed E-state index contributed by atoms with van der Waals surface area (Å²) in [6.45, 7) is 5.77. The molecule has 146 valence electrons. The van der Waals surface area contributed by atoms with E-state index in [4.69, 9.17) is 14.2 Å². The van der Waals surface area contributed by atoms with Gasteiger partial charge in [-0.1, -0.05) is 23.8 Å². The highest BCUT2D eigenvalue weighted by atomic mass is 127. The van der Waals surface area contributed by atoms with Gasteiger partial charge in [0.2, 0.25) is 0 Å². The summed E-state index contributed by atoms with van der Waals surface area (Å²) in [6.07, 6.45) is 3.33. The van der Waals surface area contributed by atoms with Gasteiger partial charge in [0.1, 0.15) is 9.18 Å². The lowest BCUT2D eigenvalue weighted by atomic mass is 9.93. The van der Waals surface area contributed by atoms with Crippen LogP contribution in [0, 0.1) is 13.8 Å². The first kappa shape index (κ1) is 20.3. The number of halogens is 1.